The summed E-state index contributed by atoms with van der Waals surface area (Å²) in [4.78, 5) is 28.2. The van der Waals surface area contributed by atoms with E-state index in [4.69, 9.17) is 0 Å². The van der Waals surface area contributed by atoms with Crippen molar-refractivity contribution in [3.8, 4) is 0 Å². The second-order valence-electron chi connectivity index (χ2n) is 6.23. The predicted molar refractivity (Wildman–Crippen MR) is 108 cm³/mol. The van der Waals surface area contributed by atoms with Crippen molar-refractivity contribution in [3.63, 3.8) is 0 Å². The lowest BCUT2D eigenvalue weighted by Gasteiger charge is -2.36. The predicted octanol–water partition coefficient (Wildman–Crippen LogP) is 3.76. The van der Waals surface area contributed by atoms with Crippen molar-refractivity contribution in [2.45, 2.75) is 13.3 Å². The number of hydrogen-bond donors (Lipinski definition) is 1. The molecule has 0 bridgehead atoms. The first kappa shape index (κ1) is 18.5. The zero-order valence-electron chi connectivity index (χ0n) is 14.7. The van der Waals surface area contributed by atoms with E-state index < -0.39 is 0 Å². The van der Waals surface area contributed by atoms with Crippen LogP contribution in [-0.4, -0.2) is 42.9 Å². The van der Waals surface area contributed by atoms with Crippen LogP contribution in [0.3, 0.4) is 0 Å². The quantitative estimate of drug-likeness (QED) is 0.826. The summed E-state index contributed by atoms with van der Waals surface area (Å²) in [6, 6.07) is 15.1. The van der Waals surface area contributed by atoms with E-state index in [1.165, 1.54) is 0 Å². The molecule has 1 aliphatic rings. The topological polar surface area (TPSA) is 52.7 Å². The summed E-state index contributed by atoms with van der Waals surface area (Å²) >= 11 is 3.38. The molecule has 136 valence electrons. The summed E-state index contributed by atoms with van der Waals surface area (Å²) < 4.78 is 0.876. The van der Waals surface area contributed by atoms with Crippen LogP contribution in [0.15, 0.2) is 53.0 Å². The molecule has 0 aliphatic carbocycles. The molecule has 0 atom stereocenters. The third-order valence-electron chi connectivity index (χ3n) is 4.51. The number of rotatable bonds is 4. The van der Waals surface area contributed by atoms with Crippen LogP contribution in [0.5, 0.6) is 0 Å². The highest BCUT2D eigenvalue weighted by atomic mass is 79.9. The molecule has 5 nitrogen and oxygen atoms in total. The molecule has 1 N–H and O–H groups in total. The Balaban J connectivity index is 1.59. The van der Waals surface area contributed by atoms with Gasteiger partial charge in [-0.05, 0) is 42.5 Å². The maximum atomic E-state index is 12.3. The molecule has 3 rings (SSSR count). The molecular formula is C20H22BrN3O2. The number of hydrogen-bond acceptors (Lipinski definition) is 3. The Bertz CT molecular complexity index is 784. The van der Waals surface area contributed by atoms with Gasteiger partial charge in [-0.15, -0.1) is 0 Å². The van der Waals surface area contributed by atoms with Crippen LogP contribution in [0, 0.1) is 0 Å². The third kappa shape index (κ3) is 4.43. The Morgan fingerprint density at radius 2 is 1.73 bits per heavy atom. The minimum atomic E-state index is -0.134. The first-order valence-electron chi connectivity index (χ1n) is 8.76. The average molecular weight is 416 g/mol. The Kier molecular flexibility index (Phi) is 5.93. The Labute approximate surface area is 162 Å². The van der Waals surface area contributed by atoms with Gasteiger partial charge in [-0.1, -0.05) is 28.9 Å². The van der Waals surface area contributed by atoms with Crippen molar-refractivity contribution in [1.82, 2.24) is 4.90 Å². The van der Waals surface area contributed by atoms with Gasteiger partial charge < -0.3 is 15.1 Å². The maximum absolute atomic E-state index is 12.3. The van der Waals surface area contributed by atoms with Crippen LogP contribution < -0.4 is 10.2 Å². The zero-order valence-corrected chi connectivity index (χ0v) is 16.3. The van der Waals surface area contributed by atoms with E-state index in [0.29, 0.717) is 12.0 Å². The van der Waals surface area contributed by atoms with Gasteiger partial charge in [0, 0.05) is 54.0 Å². The molecule has 0 unspecified atom stereocenters. The molecule has 2 aromatic rings. The Hall–Kier alpha value is -2.34. The fourth-order valence-electron chi connectivity index (χ4n) is 3.03. The average Bonchev–Trinajstić information content (AvgIpc) is 2.68. The van der Waals surface area contributed by atoms with Gasteiger partial charge in [0.2, 0.25) is 5.91 Å². The Morgan fingerprint density at radius 3 is 2.35 bits per heavy atom. The molecule has 0 aromatic heterocycles. The van der Waals surface area contributed by atoms with Crippen LogP contribution in [0.1, 0.15) is 23.7 Å². The van der Waals surface area contributed by atoms with Crippen molar-refractivity contribution in [2.24, 2.45) is 0 Å². The molecule has 1 saturated heterocycles. The number of anilines is 2. The molecular weight excluding hydrogens is 394 g/mol. The van der Waals surface area contributed by atoms with Crippen molar-refractivity contribution in [1.29, 1.82) is 0 Å². The molecule has 1 heterocycles. The van der Waals surface area contributed by atoms with E-state index in [-0.39, 0.29) is 11.8 Å². The highest BCUT2D eigenvalue weighted by Crippen LogP contribution is 2.21. The highest BCUT2D eigenvalue weighted by molar-refractivity contribution is 9.10. The molecule has 26 heavy (non-hydrogen) atoms. The van der Waals surface area contributed by atoms with Gasteiger partial charge in [-0.3, -0.25) is 9.59 Å². The molecule has 1 fully saturated rings. The minimum absolute atomic E-state index is 0.134. The first-order chi connectivity index (χ1) is 12.6. The van der Waals surface area contributed by atoms with Crippen LogP contribution >= 0.6 is 15.9 Å². The van der Waals surface area contributed by atoms with Gasteiger partial charge in [0.05, 0.1) is 0 Å². The highest BCUT2D eigenvalue weighted by Gasteiger charge is 2.20. The summed E-state index contributed by atoms with van der Waals surface area (Å²) in [6.07, 6.45) is 0.562. The summed E-state index contributed by atoms with van der Waals surface area (Å²) in [5.41, 5.74) is 2.48. The van der Waals surface area contributed by atoms with Gasteiger partial charge in [-0.2, -0.15) is 0 Å². The van der Waals surface area contributed by atoms with E-state index in [2.05, 4.69) is 26.1 Å². The van der Waals surface area contributed by atoms with Crippen LogP contribution in [0.2, 0.25) is 0 Å². The molecule has 6 heteroatoms. The summed E-state index contributed by atoms with van der Waals surface area (Å²) in [7, 11) is 0. The Morgan fingerprint density at radius 1 is 1.04 bits per heavy atom. The van der Waals surface area contributed by atoms with E-state index in [9.17, 15) is 9.59 Å². The normalized spacial score (nSPS) is 14.2. The van der Waals surface area contributed by atoms with Crippen molar-refractivity contribution in [3.05, 3.63) is 58.6 Å². The van der Waals surface area contributed by atoms with Crippen LogP contribution in [0.4, 0.5) is 11.4 Å². The van der Waals surface area contributed by atoms with E-state index in [0.717, 1.165) is 42.0 Å². The maximum Gasteiger partial charge on any atom is 0.255 e. The largest absolute Gasteiger partial charge is 0.368 e. The number of amides is 2. The van der Waals surface area contributed by atoms with Gasteiger partial charge >= 0.3 is 0 Å². The molecule has 1 aliphatic heterocycles. The molecule has 0 spiro atoms. The lowest BCUT2D eigenvalue weighted by molar-refractivity contribution is -0.131. The van der Waals surface area contributed by atoms with E-state index >= 15 is 0 Å². The number of nitrogens with zero attached hydrogens (tertiary/aromatic N) is 2. The van der Waals surface area contributed by atoms with Crippen LogP contribution in [-0.2, 0) is 4.79 Å². The second kappa shape index (κ2) is 8.36. The molecule has 0 radical (unpaired) electrons. The van der Waals surface area contributed by atoms with Crippen LogP contribution in [0.25, 0.3) is 0 Å². The van der Waals surface area contributed by atoms with E-state index in [1.807, 2.05) is 48.2 Å². The second-order valence-corrected chi connectivity index (χ2v) is 7.15. The van der Waals surface area contributed by atoms with Crippen molar-refractivity contribution in [2.75, 3.05) is 36.4 Å². The fraction of sp³-hybridized carbons (Fsp3) is 0.300. The monoisotopic (exact) mass is 415 g/mol. The number of nitrogens with one attached hydrogen (secondary N) is 1. The summed E-state index contributed by atoms with van der Waals surface area (Å²) in [5, 5.41) is 2.91. The molecule has 2 amide bonds. The smallest absolute Gasteiger partial charge is 0.255 e. The SMILES string of the molecule is CCC(=O)N1CCN(c2ccc(NC(=O)c3cccc(Br)c3)cc2)CC1. The fourth-order valence-corrected chi connectivity index (χ4v) is 3.43. The van der Waals surface area contributed by atoms with E-state index in [1.54, 1.807) is 12.1 Å². The molecule has 0 saturated carbocycles. The summed E-state index contributed by atoms with van der Waals surface area (Å²) in [6.45, 7) is 5.07. The number of carbonyl (C=O) groups is 2. The standard InChI is InChI=1S/C20H22BrN3O2/c1-2-19(25)24-12-10-23(11-13-24)18-8-6-17(7-9-18)22-20(26)15-4-3-5-16(21)14-15/h3-9,14H,2,10-13H2,1H3,(H,22,26). The zero-order chi connectivity index (χ0) is 18.5. The van der Waals surface area contributed by atoms with Gasteiger partial charge in [0.25, 0.3) is 5.91 Å². The first-order valence-corrected chi connectivity index (χ1v) is 9.56. The number of carbonyl (C=O) groups excluding carboxylic acids is 2. The number of halogens is 1. The van der Waals surface area contributed by atoms with Gasteiger partial charge in [-0.25, -0.2) is 0 Å². The van der Waals surface area contributed by atoms with Gasteiger partial charge in [0.1, 0.15) is 0 Å². The third-order valence-corrected chi connectivity index (χ3v) is 5.01. The number of benzene rings is 2. The van der Waals surface area contributed by atoms with Crippen molar-refractivity contribution < 1.29 is 9.59 Å². The number of piperazine rings is 1. The van der Waals surface area contributed by atoms with Gasteiger partial charge in [0.15, 0.2) is 0 Å². The summed E-state index contributed by atoms with van der Waals surface area (Å²) in [5.74, 6) is 0.0843. The lowest BCUT2D eigenvalue weighted by Crippen LogP contribution is -2.48. The minimum Gasteiger partial charge on any atom is -0.368 e. The molecule has 2 aromatic carbocycles. The van der Waals surface area contributed by atoms with Crippen molar-refractivity contribution >= 4 is 39.1 Å². The lowest BCUT2D eigenvalue weighted by atomic mass is 10.2.